The molecule has 1 amide bonds. The Hall–Kier alpha value is -2.14. The summed E-state index contributed by atoms with van der Waals surface area (Å²) in [6.07, 6.45) is 0. The summed E-state index contributed by atoms with van der Waals surface area (Å²) < 4.78 is 5.12. The van der Waals surface area contributed by atoms with Crippen LogP contribution < -0.4 is 10.6 Å². The van der Waals surface area contributed by atoms with Crippen molar-refractivity contribution in [2.45, 2.75) is 26.8 Å². The molecule has 0 bridgehead atoms. The summed E-state index contributed by atoms with van der Waals surface area (Å²) in [4.78, 5) is 12.0. The van der Waals surface area contributed by atoms with Crippen molar-refractivity contribution >= 4 is 5.91 Å². The number of aryl methyl sites for hydroxylation is 1. The van der Waals surface area contributed by atoms with E-state index in [4.69, 9.17) is 4.52 Å². The highest BCUT2D eigenvalue weighted by atomic mass is 16.5. The van der Waals surface area contributed by atoms with Gasteiger partial charge in [-0.2, -0.15) is 0 Å². The highest BCUT2D eigenvalue weighted by molar-refractivity contribution is 5.92. The number of carbonyl (C=O) groups excluding carboxylic acids is 1. The molecule has 5 nitrogen and oxygen atoms in total. The number of aromatic nitrogens is 1. The average molecular weight is 287 g/mol. The molecule has 21 heavy (non-hydrogen) atoms. The lowest BCUT2D eigenvalue weighted by Gasteiger charge is -2.11. The fourth-order valence-corrected chi connectivity index (χ4v) is 2.00. The van der Waals surface area contributed by atoms with Gasteiger partial charge in [0.2, 0.25) is 5.76 Å². The highest BCUT2D eigenvalue weighted by Crippen LogP contribution is 2.19. The Balaban J connectivity index is 1.99. The van der Waals surface area contributed by atoms with Gasteiger partial charge in [-0.15, -0.1) is 0 Å². The van der Waals surface area contributed by atoms with E-state index in [1.165, 1.54) is 5.56 Å². The van der Waals surface area contributed by atoms with Crippen LogP contribution in [-0.2, 0) is 0 Å². The van der Waals surface area contributed by atoms with Crippen molar-refractivity contribution in [3.63, 3.8) is 0 Å². The van der Waals surface area contributed by atoms with Gasteiger partial charge >= 0.3 is 0 Å². The van der Waals surface area contributed by atoms with Crippen molar-refractivity contribution in [1.29, 1.82) is 0 Å². The zero-order valence-electron chi connectivity index (χ0n) is 12.6. The van der Waals surface area contributed by atoms with E-state index in [1.54, 1.807) is 6.07 Å². The first-order chi connectivity index (χ1) is 10.1. The molecule has 0 radical (unpaired) electrons. The quantitative estimate of drug-likeness (QED) is 0.856. The smallest absolute Gasteiger partial charge is 0.289 e. The van der Waals surface area contributed by atoms with Gasteiger partial charge in [-0.05, 0) is 20.4 Å². The molecule has 5 heteroatoms. The number of likely N-dealkylation sites (N-methyl/N-ethyl adjacent to an activating group) is 1. The molecule has 2 aromatic rings. The number of rotatable bonds is 6. The number of hydrogen-bond donors (Lipinski definition) is 2. The Morgan fingerprint density at radius 2 is 2.05 bits per heavy atom. The van der Waals surface area contributed by atoms with Gasteiger partial charge in [0.1, 0.15) is 5.69 Å². The minimum atomic E-state index is -0.245. The summed E-state index contributed by atoms with van der Waals surface area (Å²) in [6, 6.07) is 9.81. The van der Waals surface area contributed by atoms with Crippen molar-refractivity contribution in [2.24, 2.45) is 0 Å². The predicted octanol–water partition coefficient (Wildman–Crippen LogP) is 2.38. The SMILES string of the molecule is CCN[C@H](C)CNC(=O)c1cc(-c2ccc(C)cc2)no1. The van der Waals surface area contributed by atoms with Gasteiger partial charge in [0, 0.05) is 24.2 Å². The average Bonchev–Trinajstić information content (AvgIpc) is 2.96. The molecule has 0 spiro atoms. The van der Waals surface area contributed by atoms with Crippen molar-refractivity contribution in [2.75, 3.05) is 13.1 Å². The van der Waals surface area contributed by atoms with Crippen LogP contribution in [-0.4, -0.2) is 30.2 Å². The summed E-state index contributed by atoms with van der Waals surface area (Å²) in [5.41, 5.74) is 2.78. The normalized spacial score (nSPS) is 12.1. The van der Waals surface area contributed by atoms with Crippen LogP contribution in [0, 0.1) is 6.92 Å². The fourth-order valence-electron chi connectivity index (χ4n) is 2.00. The van der Waals surface area contributed by atoms with Crippen LogP contribution in [0.5, 0.6) is 0 Å². The van der Waals surface area contributed by atoms with Crippen LogP contribution in [0.25, 0.3) is 11.3 Å². The maximum atomic E-state index is 12.0. The van der Waals surface area contributed by atoms with E-state index in [9.17, 15) is 4.79 Å². The van der Waals surface area contributed by atoms with Crippen molar-refractivity contribution in [3.8, 4) is 11.3 Å². The molecule has 1 aromatic heterocycles. The topological polar surface area (TPSA) is 67.2 Å². The number of benzene rings is 1. The van der Waals surface area contributed by atoms with Gasteiger partial charge < -0.3 is 15.2 Å². The third-order valence-corrected chi connectivity index (χ3v) is 3.20. The molecule has 0 fully saturated rings. The molecule has 1 heterocycles. The molecule has 112 valence electrons. The number of carbonyl (C=O) groups is 1. The van der Waals surface area contributed by atoms with E-state index in [1.807, 2.05) is 45.0 Å². The van der Waals surface area contributed by atoms with Gasteiger partial charge in [0.15, 0.2) is 0 Å². The Bertz CT molecular complexity index is 590. The first-order valence-electron chi connectivity index (χ1n) is 7.15. The third-order valence-electron chi connectivity index (χ3n) is 3.20. The first kappa shape index (κ1) is 15.3. The van der Waals surface area contributed by atoms with Crippen LogP contribution in [0.15, 0.2) is 34.9 Å². The Morgan fingerprint density at radius 1 is 1.33 bits per heavy atom. The van der Waals surface area contributed by atoms with E-state index < -0.39 is 0 Å². The summed E-state index contributed by atoms with van der Waals surface area (Å²) in [7, 11) is 0. The maximum absolute atomic E-state index is 12.0. The highest BCUT2D eigenvalue weighted by Gasteiger charge is 2.14. The molecule has 0 aliphatic heterocycles. The van der Waals surface area contributed by atoms with E-state index in [2.05, 4.69) is 15.8 Å². The standard InChI is InChI=1S/C16H21N3O2/c1-4-17-12(3)10-18-16(20)15-9-14(19-21-15)13-7-5-11(2)6-8-13/h5-9,12,17H,4,10H2,1-3H3,(H,18,20)/t12-/m1/s1. The number of amides is 1. The second-order valence-electron chi connectivity index (χ2n) is 5.11. The summed E-state index contributed by atoms with van der Waals surface area (Å²) in [6.45, 7) is 7.49. The minimum absolute atomic E-state index is 0.221. The minimum Gasteiger partial charge on any atom is -0.350 e. The van der Waals surface area contributed by atoms with Crippen LogP contribution in [0.4, 0.5) is 0 Å². The molecule has 0 saturated carbocycles. The largest absolute Gasteiger partial charge is 0.350 e. The zero-order chi connectivity index (χ0) is 15.2. The van der Waals surface area contributed by atoms with Gasteiger partial charge in [-0.25, -0.2) is 0 Å². The molecule has 2 N–H and O–H groups in total. The molecule has 0 saturated heterocycles. The third kappa shape index (κ3) is 4.16. The van der Waals surface area contributed by atoms with E-state index >= 15 is 0 Å². The lowest BCUT2D eigenvalue weighted by Crippen LogP contribution is -2.38. The van der Waals surface area contributed by atoms with E-state index in [0.29, 0.717) is 12.2 Å². The zero-order valence-corrected chi connectivity index (χ0v) is 12.6. The molecule has 1 aromatic carbocycles. The Kier molecular flexibility index (Phi) is 5.11. The van der Waals surface area contributed by atoms with Crippen molar-refractivity contribution < 1.29 is 9.32 Å². The molecular formula is C16H21N3O2. The van der Waals surface area contributed by atoms with Crippen LogP contribution in [0.3, 0.4) is 0 Å². The lowest BCUT2D eigenvalue weighted by molar-refractivity contribution is 0.0913. The second-order valence-corrected chi connectivity index (χ2v) is 5.11. The molecule has 1 atom stereocenters. The molecule has 0 aliphatic carbocycles. The molecular weight excluding hydrogens is 266 g/mol. The summed E-state index contributed by atoms with van der Waals surface area (Å²) in [5, 5.41) is 10.00. The molecule has 0 unspecified atom stereocenters. The number of nitrogens with one attached hydrogen (secondary N) is 2. The van der Waals surface area contributed by atoms with Crippen molar-refractivity contribution in [1.82, 2.24) is 15.8 Å². The fraction of sp³-hybridized carbons (Fsp3) is 0.375. The summed E-state index contributed by atoms with van der Waals surface area (Å²) >= 11 is 0. The van der Waals surface area contributed by atoms with E-state index in [0.717, 1.165) is 12.1 Å². The Labute approximate surface area is 124 Å². The van der Waals surface area contributed by atoms with E-state index in [-0.39, 0.29) is 17.7 Å². The van der Waals surface area contributed by atoms with Gasteiger partial charge in [0.25, 0.3) is 5.91 Å². The maximum Gasteiger partial charge on any atom is 0.289 e. The van der Waals surface area contributed by atoms with Gasteiger partial charge in [-0.1, -0.05) is 41.9 Å². The number of nitrogens with zero attached hydrogens (tertiary/aromatic N) is 1. The second kappa shape index (κ2) is 7.04. The number of hydrogen-bond acceptors (Lipinski definition) is 4. The van der Waals surface area contributed by atoms with Gasteiger partial charge in [0.05, 0.1) is 0 Å². The monoisotopic (exact) mass is 287 g/mol. The Morgan fingerprint density at radius 3 is 2.71 bits per heavy atom. The van der Waals surface area contributed by atoms with Crippen LogP contribution in [0.1, 0.15) is 30.0 Å². The molecule has 0 aliphatic rings. The first-order valence-corrected chi connectivity index (χ1v) is 7.15. The van der Waals surface area contributed by atoms with Gasteiger partial charge in [-0.3, -0.25) is 4.79 Å². The van der Waals surface area contributed by atoms with Crippen LogP contribution in [0.2, 0.25) is 0 Å². The lowest BCUT2D eigenvalue weighted by atomic mass is 10.1. The predicted molar refractivity (Wildman–Crippen MR) is 82.1 cm³/mol. The van der Waals surface area contributed by atoms with Crippen LogP contribution >= 0.6 is 0 Å². The summed E-state index contributed by atoms with van der Waals surface area (Å²) in [5.74, 6) is -0.0140. The van der Waals surface area contributed by atoms with Crippen molar-refractivity contribution in [3.05, 3.63) is 41.7 Å². The molecule has 2 rings (SSSR count).